The SMILES string of the molecule is N#Cc1c(N)nc(Sc2ccccc2N)c(C#N)c1-c1ccc(Br)cc1. The second-order valence-corrected chi connectivity index (χ2v) is 7.24. The van der Waals surface area contributed by atoms with Crippen molar-refractivity contribution in [1.29, 1.82) is 10.5 Å². The van der Waals surface area contributed by atoms with Crippen LogP contribution in [0.2, 0.25) is 0 Å². The maximum absolute atomic E-state index is 9.78. The molecule has 0 aliphatic heterocycles. The zero-order valence-corrected chi connectivity index (χ0v) is 15.8. The smallest absolute Gasteiger partial charge is 0.143 e. The van der Waals surface area contributed by atoms with Gasteiger partial charge in [-0.15, -0.1) is 0 Å². The van der Waals surface area contributed by atoms with E-state index in [9.17, 15) is 10.5 Å². The number of pyridine rings is 1. The van der Waals surface area contributed by atoms with Gasteiger partial charge in [-0.3, -0.25) is 0 Å². The molecule has 5 nitrogen and oxygen atoms in total. The van der Waals surface area contributed by atoms with Crippen molar-refractivity contribution in [3.63, 3.8) is 0 Å². The zero-order chi connectivity index (χ0) is 18.7. The van der Waals surface area contributed by atoms with Gasteiger partial charge in [-0.05, 0) is 29.8 Å². The Bertz CT molecular complexity index is 1070. The number of nitrogen functional groups attached to an aromatic ring is 2. The number of hydrogen-bond donors (Lipinski definition) is 2. The zero-order valence-electron chi connectivity index (χ0n) is 13.4. The van der Waals surface area contributed by atoms with Crippen molar-refractivity contribution in [3.8, 4) is 23.3 Å². The lowest BCUT2D eigenvalue weighted by molar-refractivity contribution is 1.11. The Morgan fingerprint density at radius 1 is 0.923 bits per heavy atom. The van der Waals surface area contributed by atoms with Gasteiger partial charge in [-0.25, -0.2) is 4.98 Å². The number of rotatable bonds is 3. The average molecular weight is 422 g/mol. The molecule has 7 heteroatoms. The van der Waals surface area contributed by atoms with Gasteiger partial charge in [-0.2, -0.15) is 10.5 Å². The van der Waals surface area contributed by atoms with Crippen LogP contribution in [0, 0.1) is 22.7 Å². The molecule has 3 rings (SSSR count). The van der Waals surface area contributed by atoms with E-state index in [-0.39, 0.29) is 11.4 Å². The number of nitrogens with zero attached hydrogens (tertiary/aromatic N) is 3. The summed E-state index contributed by atoms with van der Waals surface area (Å²) in [5.74, 6) is 0.0846. The van der Waals surface area contributed by atoms with Crippen molar-refractivity contribution in [2.75, 3.05) is 11.5 Å². The number of nitrogens with two attached hydrogens (primary N) is 2. The van der Waals surface area contributed by atoms with Crippen LogP contribution in [0.5, 0.6) is 0 Å². The van der Waals surface area contributed by atoms with Gasteiger partial charge in [0.1, 0.15) is 28.5 Å². The van der Waals surface area contributed by atoms with Crippen LogP contribution in [-0.2, 0) is 0 Å². The van der Waals surface area contributed by atoms with E-state index in [0.717, 1.165) is 14.9 Å². The van der Waals surface area contributed by atoms with Crippen LogP contribution in [0.15, 0.2) is 62.9 Å². The predicted molar refractivity (Wildman–Crippen MR) is 106 cm³/mol. The first kappa shape index (κ1) is 17.8. The minimum absolute atomic E-state index is 0.0846. The summed E-state index contributed by atoms with van der Waals surface area (Å²) < 4.78 is 0.895. The summed E-state index contributed by atoms with van der Waals surface area (Å²) >= 11 is 4.64. The molecule has 1 heterocycles. The van der Waals surface area contributed by atoms with Gasteiger partial charge in [0, 0.05) is 20.6 Å². The molecule has 4 N–H and O–H groups in total. The summed E-state index contributed by atoms with van der Waals surface area (Å²) in [4.78, 5) is 5.05. The Hall–Kier alpha value is -3.00. The normalized spacial score (nSPS) is 10.1. The van der Waals surface area contributed by atoms with Crippen molar-refractivity contribution in [2.24, 2.45) is 0 Å². The lowest BCUT2D eigenvalue weighted by atomic mass is 9.97. The topological polar surface area (TPSA) is 113 Å². The summed E-state index contributed by atoms with van der Waals surface area (Å²) in [7, 11) is 0. The van der Waals surface area contributed by atoms with E-state index in [1.165, 1.54) is 11.8 Å². The summed E-state index contributed by atoms with van der Waals surface area (Å²) in [5.41, 5.74) is 14.3. The van der Waals surface area contributed by atoms with Crippen LogP contribution in [0.25, 0.3) is 11.1 Å². The fourth-order valence-electron chi connectivity index (χ4n) is 2.45. The van der Waals surface area contributed by atoms with Gasteiger partial charge in [0.05, 0.1) is 5.56 Å². The maximum Gasteiger partial charge on any atom is 0.143 e. The second-order valence-electron chi connectivity index (χ2n) is 5.30. The highest BCUT2D eigenvalue weighted by atomic mass is 79.9. The van der Waals surface area contributed by atoms with Crippen LogP contribution in [-0.4, -0.2) is 4.98 Å². The molecule has 0 saturated heterocycles. The van der Waals surface area contributed by atoms with E-state index in [2.05, 4.69) is 33.1 Å². The second kappa shape index (κ2) is 7.49. The fraction of sp³-hybridized carbons (Fsp3) is 0. The Labute approximate surface area is 163 Å². The highest BCUT2D eigenvalue weighted by Gasteiger charge is 2.21. The van der Waals surface area contributed by atoms with Gasteiger partial charge in [-0.1, -0.05) is 52.0 Å². The third-order valence-electron chi connectivity index (χ3n) is 3.67. The van der Waals surface area contributed by atoms with Gasteiger partial charge in [0.15, 0.2) is 0 Å². The lowest BCUT2D eigenvalue weighted by Crippen LogP contribution is -2.03. The van der Waals surface area contributed by atoms with E-state index >= 15 is 0 Å². The van der Waals surface area contributed by atoms with Gasteiger partial charge >= 0.3 is 0 Å². The van der Waals surface area contributed by atoms with Crippen molar-refractivity contribution < 1.29 is 0 Å². The maximum atomic E-state index is 9.78. The largest absolute Gasteiger partial charge is 0.398 e. The van der Waals surface area contributed by atoms with E-state index in [1.54, 1.807) is 6.07 Å². The fourth-order valence-corrected chi connectivity index (χ4v) is 3.65. The first-order valence-electron chi connectivity index (χ1n) is 7.47. The number of benzene rings is 2. The van der Waals surface area contributed by atoms with E-state index in [1.807, 2.05) is 42.5 Å². The van der Waals surface area contributed by atoms with E-state index in [4.69, 9.17) is 11.5 Å². The molecule has 0 aliphatic rings. The number of hydrogen-bond acceptors (Lipinski definition) is 6. The van der Waals surface area contributed by atoms with Crippen molar-refractivity contribution in [2.45, 2.75) is 9.92 Å². The van der Waals surface area contributed by atoms with E-state index in [0.29, 0.717) is 21.8 Å². The standard InChI is InChI=1S/C19H12BrN5S/c20-12-7-5-11(6-8-12)17-13(9-21)18(24)25-19(14(17)10-22)26-16-4-2-1-3-15(16)23/h1-8H,23H2,(H2,24,25). The van der Waals surface area contributed by atoms with Crippen LogP contribution < -0.4 is 11.5 Å². The number of para-hydroxylation sites is 1. The van der Waals surface area contributed by atoms with Gasteiger partial charge in [0.25, 0.3) is 0 Å². The van der Waals surface area contributed by atoms with Crippen molar-refractivity contribution >= 4 is 39.2 Å². The van der Waals surface area contributed by atoms with Crippen molar-refractivity contribution in [3.05, 3.63) is 64.1 Å². The molecule has 0 radical (unpaired) electrons. The molecular formula is C19H12BrN5S. The molecule has 126 valence electrons. The Balaban J connectivity index is 2.25. The minimum Gasteiger partial charge on any atom is -0.398 e. The number of halogens is 1. The predicted octanol–water partition coefficient (Wildman–Crippen LogP) is 4.57. The monoisotopic (exact) mass is 421 g/mol. The summed E-state index contributed by atoms with van der Waals surface area (Å²) in [6, 6.07) is 18.9. The number of nitriles is 2. The molecule has 0 bridgehead atoms. The molecule has 0 fully saturated rings. The van der Waals surface area contributed by atoms with E-state index < -0.39 is 0 Å². The summed E-state index contributed by atoms with van der Waals surface area (Å²) in [6.07, 6.45) is 0. The molecule has 3 aromatic rings. The third-order valence-corrected chi connectivity index (χ3v) is 5.28. The summed E-state index contributed by atoms with van der Waals surface area (Å²) in [5, 5.41) is 19.7. The highest BCUT2D eigenvalue weighted by molar-refractivity contribution is 9.10. The molecule has 0 unspecified atom stereocenters. The number of aromatic nitrogens is 1. The Morgan fingerprint density at radius 2 is 1.58 bits per heavy atom. The first-order valence-corrected chi connectivity index (χ1v) is 9.08. The molecule has 0 atom stereocenters. The van der Waals surface area contributed by atoms with Crippen molar-refractivity contribution in [1.82, 2.24) is 4.98 Å². The highest BCUT2D eigenvalue weighted by Crippen LogP contribution is 2.39. The van der Waals surface area contributed by atoms with Crippen LogP contribution >= 0.6 is 27.7 Å². The molecule has 26 heavy (non-hydrogen) atoms. The molecule has 0 saturated carbocycles. The molecule has 0 aliphatic carbocycles. The molecule has 1 aromatic heterocycles. The quantitative estimate of drug-likeness (QED) is 0.598. The minimum atomic E-state index is 0.0846. The number of anilines is 2. The molecule has 2 aromatic carbocycles. The van der Waals surface area contributed by atoms with Crippen LogP contribution in [0.3, 0.4) is 0 Å². The summed E-state index contributed by atoms with van der Waals surface area (Å²) in [6.45, 7) is 0. The Morgan fingerprint density at radius 3 is 2.19 bits per heavy atom. The van der Waals surface area contributed by atoms with Gasteiger partial charge < -0.3 is 11.5 Å². The molecular weight excluding hydrogens is 410 g/mol. The lowest BCUT2D eigenvalue weighted by Gasteiger charge is -2.13. The Kier molecular flexibility index (Phi) is 5.13. The first-order chi connectivity index (χ1) is 12.5. The molecule has 0 spiro atoms. The average Bonchev–Trinajstić information content (AvgIpc) is 2.64. The van der Waals surface area contributed by atoms with Gasteiger partial charge in [0.2, 0.25) is 0 Å². The van der Waals surface area contributed by atoms with Crippen LogP contribution in [0.4, 0.5) is 11.5 Å². The molecule has 0 amide bonds. The third kappa shape index (κ3) is 3.36. The van der Waals surface area contributed by atoms with Crippen LogP contribution in [0.1, 0.15) is 11.1 Å².